The standard InChI is InChI=1S/C13H18N2S2/c1-13(2,11-5-3-9(7-14)16-11)12-6-4-10(8-15)17-12/h3-6H,7-8,14-15H2,1-2H3. The molecule has 0 unspecified atom stereocenters. The molecule has 0 amide bonds. The van der Waals surface area contributed by atoms with E-state index in [0.717, 1.165) is 0 Å². The van der Waals surface area contributed by atoms with Crippen LogP contribution in [-0.4, -0.2) is 0 Å². The third kappa shape index (κ3) is 2.45. The van der Waals surface area contributed by atoms with E-state index in [9.17, 15) is 0 Å². The van der Waals surface area contributed by atoms with E-state index in [1.807, 2.05) is 0 Å². The SMILES string of the molecule is CC(C)(c1ccc(CN)s1)c1ccc(CN)s1. The van der Waals surface area contributed by atoms with Gasteiger partial charge >= 0.3 is 0 Å². The third-order valence-corrected chi connectivity index (χ3v) is 5.82. The Hall–Kier alpha value is -0.680. The molecule has 0 aromatic carbocycles. The van der Waals surface area contributed by atoms with E-state index in [-0.39, 0.29) is 5.41 Å². The van der Waals surface area contributed by atoms with Crippen molar-refractivity contribution in [1.29, 1.82) is 0 Å². The second-order valence-electron chi connectivity index (χ2n) is 4.57. The van der Waals surface area contributed by atoms with Crippen LogP contribution in [0.2, 0.25) is 0 Å². The van der Waals surface area contributed by atoms with E-state index in [2.05, 4.69) is 38.1 Å². The molecule has 0 saturated heterocycles. The average molecular weight is 266 g/mol. The number of thiophene rings is 2. The predicted octanol–water partition coefficient (Wildman–Crippen LogP) is 3.05. The van der Waals surface area contributed by atoms with Crippen molar-refractivity contribution in [3.8, 4) is 0 Å². The van der Waals surface area contributed by atoms with Crippen LogP contribution >= 0.6 is 22.7 Å². The van der Waals surface area contributed by atoms with E-state index in [1.54, 1.807) is 22.7 Å². The molecule has 0 radical (unpaired) electrons. The summed E-state index contributed by atoms with van der Waals surface area (Å²) in [5.74, 6) is 0. The number of hydrogen-bond donors (Lipinski definition) is 2. The van der Waals surface area contributed by atoms with Crippen LogP contribution in [0.5, 0.6) is 0 Å². The molecule has 0 aliphatic carbocycles. The minimum atomic E-state index is 0.0518. The van der Waals surface area contributed by atoms with E-state index in [1.165, 1.54) is 19.5 Å². The number of rotatable bonds is 4. The van der Waals surface area contributed by atoms with Gasteiger partial charge in [0, 0.05) is 38.0 Å². The minimum absolute atomic E-state index is 0.0518. The monoisotopic (exact) mass is 266 g/mol. The van der Waals surface area contributed by atoms with Gasteiger partial charge in [-0.25, -0.2) is 0 Å². The van der Waals surface area contributed by atoms with Crippen LogP contribution in [0.1, 0.15) is 33.4 Å². The van der Waals surface area contributed by atoms with Gasteiger partial charge in [0.2, 0.25) is 0 Å². The summed E-state index contributed by atoms with van der Waals surface area (Å²) in [6.07, 6.45) is 0. The fourth-order valence-corrected chi connectivity index (χ4v) is 3.84. The highest BCUT2D eigenvalue weighted by Crippen LogP contribution is 2.39. The lowest BCUT2D eigenvalue weighted by molar-refractivity contribution is 0.671. The van der Waals surface area contributed by atoms with Crippen molar-refractivity contribution >= 4 is 22.7 Å². The van der Waals surface area contributed by atoms with Crippen molar-refractivity contribution in [3.05, 3.63) is 43.8 Å². The molecule has 92 valence electrons. The maximum Gasteiger partial charge on any atom is 0.0334 e. The van der Waals surface area contributed by atoms with Gasteiger partial charge in [-0.1, -0.05) is 13.8 Å². The highest BCUT2D eigenvalue weighted by molar-refractivity contribution is 7.13. The molecule has 0 saturated carbocycles. The summed E-state index contributed by atoms with van der Waals surface area (Å²) in [6.45, 7) is 5.76. The molecule has 2 nitrogen and oxygen atoms in total. The smallest absolute Gasteiger partial charge is 0.0334 e. The molecule has 0 fully saturated rings. The van der Waals surface area contributed by atoms with Gasteiger partial charge in [0.15, 0.2) is 0 Å². The topological polar surface area (TPSA) is 52.0 Å². The van der Waals surface area contributed by atoms with Crippen LogP contribution < -0.4 is 11.5 Å². The lowest BCUT2D eigenvalue weighted by Crippen LogP contribution is -2.15. The molecule has 0 aliphatic heterocycles. The lowest BCUT2D eigenvalue weighted by Gasteiger charge is -2.21. The maximum atomic E-state index is 5.67. The summed E-state index contributed by atoms with van der Waals surface area (Å²) in [5.41, 5.74) is 11.4. The molecule has 2 aromatic rings. The Labute approximate surface area is 110 Å². The second-order valence-corrected chi connectivity index (χ2v) is 6.90. The molecular weight excluding hydrogens is 248 g/mol. The van der Waals surface area contributed by atoms with Gasteiger partial charge < -0.3 is 11.5 Å². The molecule has 0 bridgehead atoms. The molecule has 2 rings (SSSR count). The molecule has 4 N–H and O–H groups in total. The minimum Gasteiger partial charge on any atom is -0.326 e. The summed E-state index contributed by atoms with van der Waals surface area (Å²) in [4.78, 5) is 5.21. The molecule has 0 aliphatic rings. The van der Waals surface area contributed by atoms with Gasteiger partial charge in [0.25, 0.3) is 0 Å². The number of hydrogen-bond acceptors (Lipinski definition) is 4. The quantitative estimate of drug-likeness (QED) is 0.893. The zero-order valence-corrected chi connectivity index (χ0v) is 11.8. The first-order valence-electron chi connectivity index (χ1n) is 5.66. The van der Waals surface area contributed by atoms with Crippen molar-refractivity contribution in [2.45, 2.75) is 32.4 Å². The predicted molar refractivity (Wildman–Crippen MR) is 76.5 cm³/mol. The Balaban J connectivity index is 2.34. The van der Waals surface area contributed by atoms with Crippen LogP contribution in [0.3, 0.4) is 0 Å². The molecule has 2 aromatic heterocycles. The van der Waals surface area contributed by atoms with Crippen molar-refractivity contribution in [2.24, 2.45) is 11.5 Å². The Bertz CT molecular complexity index is 453. The highest BCUT2D eigenvalue weighted by atomic mass is 32.1. The molecule has 0 spiro atoms. The van der Waals surface area contributed by atoms with Crippen molar-refractivity contribution in [1.82, 2.24) is 0 Å². The summed E-state index contributed by atoms with van der Waals surface area (Å²) >= 11 is 3.60. The van der Waals surface area contributed by atoms with Crippen molar-refractivity contribution < 1.29 is 0 Å². The van der Waals surface area contributed by atoms with E-state index >= 15 is 0 Å². The second kappa shape index (κ2) is 4.90. The fourth-order valence-electron chi connectivity index (χ4n) is 1.77. The first-order valence-corrected chi connectivity index (χ1v) is 7.29. The molecule has 4 heteroatoms. The number of nitrogens with two attached hydrogens (primary N) is 2. The average Bonchev–Trinajstić information content (AvgIpc) is 2.98. The highest BCUT2D eigenvalue weighted by Gasteiger charge is 2.26. The summed E-state index contributed by atoms with van der Waals surface area (Å²) in [7, 11) is 0. The Kier molecular flexibility index (Phi) is 3.68. The van der Waals surface area contributed by atoms with Gasteiger partial charge in [-0.05, 0) is 24.3 Å². The van der Waals surface area contributed by atoms with E-state index in [0.29, 0.717) is 13.1 Å². The largest absolute Gasteiger partial charge is 0.326 e. The van der Waals surface area contributed by atoms with Gasteiger partial charge in [0.05, 0.1) is 0 Å². The van der Waals surface area contributed by atoms with Crippen molar-refractivity contribution in [2.75, 3.05) is 0 Å². The third-order valence-electron chi connectivity index (χ3n) is 2.96. The lowest BCUT2D eigenvalue weighted by atomic mass is 9.90. The van der Waals surface area contributed by atoms with Gasteiger partial charge in [-0.2, -0.15) is 0 Å². The molecule has 2 heterocycles. The fraction of sp³-hybridized carbons (Fsp3) is 0.385. The normalized spacial score (nSPS) is 12.0. The zero-order chi connectivity index (χ0) is 12.5. The van der Waals surface area contributed by atoms with Crippen LogP contribution in [0.25, 0.3) is 0 Å². The van der Waals surface area contributed by atoms with E-state index < -0.39 is 0 Å². The Morgan fingerprint density at radius 2 is 1.29 bits per heavy atom. The Morgan fingerprint density at radius 3 is 1.59 bits per heavy atom. The van der Waals surface area contributed by atoms with Crippen LogP contribution in [0, 0.1) is 0 Å². The molecule has 0 atom stereocenters. The Morgan fingerprint density at radius 1 is 0.882 bits per heavy atom. The maximum absolute atomic E-state index is 5.67. The van der Waals surface area contributed by atoms with Crippen molar-refractivity contribution in [3.63, 3.8) is 0 Å². The van der Waals surface area contributed by atoms with Crippen LogP contribution in [0.4, 0.5) is 0 Å². The first kappa shape index (κ1) is 12.8. The summed E-state index contributed by atoms with van der Waals surface area (Å²) in [5, 5.41) is 0. The summed E-state index contributed by atoms with van der Waals surface area (Å²) < 4.78 is 0. The summed E-state index contributed by atoms with van der Waals surface area (Å²) in [6, 6.07) is 8.63. The van der Waals surface area contributed by atoms with Crippen LogP contribution in [-0.2, 0) is 18.5 Å². The van der Waals surface area contributed by atoms with Crippen LogP contribution in [0.15, 0.2) is 24.3 Å². The van der Waals surface area contributed by atoms with Gasteiger partial charge in [-0.15, -0.1) is 22.7 Å². The zero-order valence-electron chi connectivity index (χ0n) is 10.2. The molecule has 17 heavy (non-hydrogen) atoms. The van der Waals surface area contributed by atoms with Gasteiger partial charge in [-0.3, -0.25) is 0 Å². The molecular formula is C13H18N2S2. The first-order chi connectivity index (χ1) is 8.07. The van der Waals surface area contributed by atoms with E-state index in [4.69, 9.17) is 11.5 Å². The van der Waals surface area contributed by atoms with Gasteiger partial charge in [0.1, 0.15) is 0 Å².